The van der Waals surface area contributed by atoms with E-state index < -0.39 is 36.4 Å². The maximum Gasteiger partial charge on any atom is 0.306 e. The SMILES string of the molecule is Br.CCCCCCCCCCCCCCCC[N+](C)(C)C.O=C(O)CC(O)(CC(=O)O)C(=O)[O-]. The molecule has 9 heteroatoms. The molecule has 0 aromatic carbocycles. The molecular formula is C25H50BrNO7. The number of carboxylic acid groups (broad SMARTS) is 3. The lowest BCUT2D eigenvalue weighted by atomic mass is 9.96. The molecule has 0 aliphatic rings. The Hall–Kier alpha value is -1.19. The van der Waals surface area contributed by atoms with Gasteiger partial charge in [-0.05, 0) is 12.8 Å². The summed E-state index contributed by atoms with van der Waals surface area (Å²) < 4.78 is 1.12. The van der Waals surface area contributed by atoms with Crippen molar-refractivity contribution < 1.29 is 39.3 Å². The minimum atomic E-state index is -2.85. The summed E-state index contributed by atoms with van der Waals surface area (Å²) in [4.78, 5) is 30.3. The van der Waals surface area contributed by atoms with Crippen LogP contribution in [0.5, 0.6) is 0 Å². The van der Waals surface area contributed by atoms with Crippen LogP contribution in [0, 0.1) is 0 Å². The highest BCUT2D eigenvalue weighted by Crippen LogP contribution is 2.15. The molecule has 204 valence electrons. The maximum atomic E-state index is 10.2. The minimum absolute atomic E-state index is 0. The second-order valence-corrected chi connectivity index (χ2v) is 10.1. The third kappa shape index (κ3) is 27.1. The Kier molecular flexibility index (Phi) is 24.5. The van der Waals surface area contributed by atoms with Crippen molar-refractivity contribution >= 4 is 34.9 Å². The van der Waals surface area contributed by atoms with Crippen LogP contribution in [0.4, 0.5) is 0 Å². The standard InChI is InChI=1S/C19H42N.C6H8O7.BrH/c1-5-6-7-8-9-10-11-12-13-14-15-16-17-18-19-20(2,3)4;7-3(8)1-6(13,5(11)12)2-4(9)10;/h5-19H2,1-4H3;13H,1-2H2,(H,7,8)(H,9,10)(H,11,12);1H/q+1;;/p-1. The molecule has 0 aliphatic heterocycles. The zero-order valence-corrected chi connectivity index (χ0v) is 23.6. The molecule has 0 heterocycles. The Bertz CT molecular complexity index is 520. The molecule has 0 aromatic heterocycles. The molecule has 8 nitrogen and oxygen atoms in total. The van der Waals surface area contributed by atoms with E-state index in [1.54, 1.807) is 0 Å². The van der Waals surface area contributed by atoms with Crippen molar-refractivity contribution in [2.75, 3.05) is 27.7 Å². The fourth-order valence-corrected chi connectivity index (χ4v) is 3.49. The number of nitrogens with zero attached hydrogens (tertiary/aromatic N) is 1. The van der Waals surface area contributed by atoms with Crippen LogP contribution in [0.1, 0.15) is 110 Å². The number of quaternary nitrogens is 1. The smallest absolute Gasteiger partial charge is 0.306 e. The number of carbonyl (C=O) groups excluding carboxylic acids is 1. The first-order valence-electron chi connectivity index (χ1n) is 12.5. The van der Waals surface area contributed by atoms with Crippen LogP contribution in [0.15, 0.2) is 0 Å². The Labute approximate surface area is 217 Å². The van der Waals surface area contributed by atoms with Crippen LogP contribution in [0.2, 0.25) is 0 Å². The first-order chi connectivity index (χ1) is 15.3. The van der Waals surface area contributed by atoms with Gasteiger partial charge in [-0.15, -0.1) is 17.0 Å². The molecule has 3 N–H and O–H groups in total. The lowest BCUT2D eigenvalue weighted by Gasteiger charge is -2.25. The van der Waals surface area contributed by atoms with Crippen molar-refractivity contribution in [3.8, 4) is 0 Å². The Morgan fingerprint density at radius 2 is 0.971 bits per heavy atom. The average Bonchev–Trinajstić information content (AvgIpc) is 2.66. The molecule has 0 aliphatic carbocycles. The van der Waals surface area contributed by atoms with Crippen LogP contribution in [-0.2, 0) is 14.4 Å². The first kappa shape index (κ1) is 37.4. The van der Waals surface area contributed by atoms with Gasteiger partial charge >= 0.3 is 11.9 Å². The fourth-order valence-electron chi connectivity index (χ4n) is 3.49. The zero-order chi connectivity index (χ0) is 25.8. The highest BCUT2D eigenvalue weighted by Gasteiger charge is 2.34. The van der Waals surface area contributed by atoms with Crippen molar-refractivity contribution in [1.82, 2.24) is 0 Å². The fraction of sp³-hybridized carbons (Fsp3) is 0.880. The quantitative estimate of drug-likeness (QED) is 0.151. The zero-order valence-electron chi connectivity index (χ0n) is 21.9. The second-order valence-electron chi connectivity index (χ2n) is 10.1. The van der Waals surface area contributed by atoms with Crippen molar-refractivity contribution in [3.05, 3.63) is 0 Å². The molecule has 0 bridgehead atoms. The van der Waals surface area contributed by atoms with E-state index in [2.05, 4.69) is 28.1 Å². The van der Waals surface area contributed by atoms with E-state index in [1.807, 2.05) is 0 Å². The van der Waals surface area contributed by atoms with Gasteiger partial charge in [0.15, 0.2) is 0 Å². The predicted octanol–water partition coefficient (Wildman–Crippen LogP) is 4.17. The van der Waals surface area contributed by atoms with Gasteiger partial charge in [-0.1, -0.05) is 84.0 Å². The van der Waals surface area contributed by atoms with E-state index >= 15 is 0 Å². The van der Waals surface area contributed by atoms with Gasteiger partial charge < -0.3 is 29.7 Å². The third-order valence-corrected chi connectivity index (χ3v) is 5.45. The largest absolute Gasteiger partial charge is 0.547 e. The lowest BCUT2D eigenvalue weighted by molar-refractivity contribution is -0.870. The second kappa shape index (κ2) is 22.3. The van der Waals surface area contributed by atoms with Crippen molar-refractivity contribution in [2.24, 2.45) is 0 Å². The van der Waals surface area contributed by atoms with Gasteiger partial charge in [0.2, 0.25) is 0 Å². The monoisotopic (exact) mass is 555 g/mol. The number of hydrogen-bond donors (Lipinski definition) is 3. The molecule has 0 fully saturated rings. The molecule has 0 radical (unpaired) electrons. The summed E-state index contributed by atoms with van der Waals surface area (Å²) >= 11 is 0. The van der Waals surface area contributed by atoms with Gasteiger partial charge in [0.1, 0.15) is 5.60 Å². The minimum Gasteiger partial charge on any atom is -0.547 e. The Morgan fingerprint density at radius 3 is 1.21 bits per heavy atom. The van der Waals surface area contributed by atoms with Crippen LogP contribution < -0.4 is 5.11 Å². The highest BCUT2D eigenvalue weighted by molar-refractivity contribution is 8.93. The van der Waals surface area contributed by atoms with Crippen LogP contribution in [0.3, 0.4) is 0 Å². The predicted molar refractivity (Wildman–Crippen MR) is 138 cm³/mol. The molecule has 0 atom stereocenters. The van der Waals surface area contributed by atoms with Gasteiger partial charge in [-0.2, -0.15) is 0 Å². The molecule has 0 spiro atoms. The van der Waals surface area contributed by atoms with Crippen molar-refractivity contribution in [1.29, 1.82) is 0 Å². The summed E-state index contributed by atoms with van der Waals surface area (Å²) in [6, 6.07) is 0. The number of rotatable bonds is 20. The number of carbonyl (C=O) groups is 3. The summed E-state index contributed by atoms with van der Waals surface area (Å²) in [5, 5.41) is 35.5. The average molecular weight is 557 g/mol. The Balaban J connectivity index is -0.000000598. The molecule has 0 rings (SSSR count). The summed E-state index contributed by atoms with van der Waals surface area (Å²) in [7, 11) is 6.88. The molecule has 0 aromatic rings. The molecule has 34 heavy (non-hydrogen) atoms. The first-order valence-corrected chi connectivity index (χ1v) is 12.5. The number of aliphatic carboxylic acids is 3. The number of aliphatic hydroxyl groups is 1. The summed E-state index contributed by atoms with van der Waals surface area (Å²) in [5.74, 6) is -5.35. The molecule has 0 unspecified atom stereocenters. The van der Waals surface area contributed by atoms with Crippen molar-refractivity contribution in [3.63, 3.8) is 0 Å². The lowest BCUT2D eigenvalue weighted by Crippen LogP contribution is -2.51. The normalized spacial score (nSPS) is 11.2. The van der Waals surface area contributed by atoms with E-state index in [1.165, 1.54) is 96.4 Å². The highest BCUT2D eigenvalue weighted by atomic mass is 79.9. The van der Waals surface area contributed by atoms with Crippen LogP contribution >= 0.6 is 17.0 Å². The van der Waals surface area contributed by atoms with E-state index in [4.69, 9.17) is 15.3 Å². The number of hydrogen-bond acceptors (Lipinski definition) is 5. The van der Waals surface area contributed by atoms with E-state index in [0.29, 0.717) is 0 Å². The Morgan fingerprint density at radius 1 is 0.676 bits per heavy atom. The van der Waals surface area contributed by atoms with Crippen LogP contribution in [-0.4, -0.2) is 71.0 Å². The van der Waals surface area contributed by atoms with Gasteiger partial charge in [-0.25, -0.2) is 0 Å². The summed E-state index contributed by atoms with van der Waals surface area (Å²) in [6.07, 6.45) is 18.0. The number of halogens is 1. The number of carboxylic acids is 3. The van der Waals surface area contributed by atoms with E-state index in [0.717, 1.165) is 4.48 Å². The van der Waals surface area contributed by atoms with Gasteiger partial charge in [0.25, 0.3) is 0 Å². The number of unbranched alkanes of at least 4 members (excludes halogenated alkanes) is 13. The van der Waals surface area contributed by atoms with E-state index in [9.17, 15) is 19.5 Å². The van der Waals surface area contributed by atoms with E-state index in [-0.39, 0.29) is 17.0 Å². The maximum absolute atomic E-state index is 10.2. The molecule has 0 amide bonds. The van der Waals surface area contributed by atoms with Crippen molar-refractivity contribution in [2.45, 2.75) is 115 Å². The van der Waals surface area contributed by atoms with Gasteiger partial charge in [0, 0.05) is 0 Å². The van der Waals surface area contributed by atoms with Crippen LogP contribution in [0.25, 0.3) is 0 Å². The summed E-state index contributed by atoms with van der Waals surface area (Å²) in [6.45, 7) is 3.63. The molecule has 0 saturated carbocycles. The third-order valence-electron chi connectivity index (χ3n) is 5.45. The summed E-state index contributed by atoms with van der Waals surface area (Å²) in [5.41, 5.74) is -2.85. The molecule has 0 saturated heterocycles. The van der Waals surface area contributed by atoms with Gasteiger partial charge in [0.05, 0.1) is 46.5 Å². The van der Waals surface area contributed by atoms with Gasteiger partial charge in [-0.3, -0.25) is 9.59 Å². The molecular weight excluding hydrogens is 506 g/mol. The topological polar surface area (TPSA) is 135 Å².